The minimum absolute atomic E-state index is 0.00539. The van der Waals surface area contributed by atoms with Gasteiger partial charge in [-0.25, -0.2) is 0 Å². The summed E-state index contributed by atoms with van der Waals surface area (Å²) in [5.74, 6) is 0. The Labute approximate surface area is 172 Å². The van der Waals surface area contributed by atoms with Crippen LogP contribution in [0.5, 0.6) is 0 Å². The summed E-state index contributed by atoms with van der Waals surface area (Å²) in [6, 6.07) is -2.80. The van der Waals surface area contributed by atoms with Crippen LogP contribution >= 0.6 is 0 Å². The molecule has 0 rings (SSSR count). The molecule has 0 aromatic carbocycles. The Morgan fingerprint density at radius 2 is 1.55 bits per heavy atom. The fourth-order valence-electron chi connectivity index (χ4n) is 3.13. The van der Waals surface area contributed by atoms with Crippen LogP contribution < -0.4 is 0 Å². The normalized spacial score (nSPS) is 15.7. The van der Waals surface area contributed by atoms with Crippen molar-refractivity contribution in [3.8, 4) is 0 Å². The Bertz CT molecular complexity index is 499. The van der Waals surface area contributed by atoms with Crippen molar-refractivity contribution in [1.82, 2.24) is 0 Å². The average Bonchev–Trinajstić information content (AvgIpc) is 2.67. The first-order valence-corrected chi connectivity index (χ1v) is 10.5. The number of aliphatic hydroxyl groups is 2. The van der Waals surface area contributed by atoms with Crippen molar-refractivity contribution in [3.63, 3.8) is 0 Å². The molecule has 0 aliphatic carbocycles. The summed E-state index contributed by atoms with van der Waals surface area (Å²) in [4.78, 5) is 31.4. The Hall–Kier alpha value is -1.87. The predicted molar refractivity (Wildman–Crippen MR) is 109 cm³/mol. The highest BCUT2D eigenvalue weighted by Crippen LogP contribution is 2.18. The molecule has 0 amide bonds. The van der Waals surface area contributed by atoms with Gasteiger partial charge < -0.3 is 10.2 Å². The molecule has 0 aromatic rings. The highest BCUT2D eigenvalue weighted by Gasteiger charge is 2.38. The third-order valence-electron chi connectivity index (χ3n) is 4.96. The minimum Gasteiger partial charge on any atom is -0.386 e. The Morgan fingerprint density at radius 3 is 2.14 bits per heavy atom. The van der Waals surface area contributed by atoms with Crippen LogP contribution in [0, 0.1) is 20.2 Å². The molecular formula is C20H35N2O7. The van der Waals surface area contributed by atoms with Gasteiger partial charge in [0, 0.05) is 22.7 Å². The number of rotatable bonds is 19. The second-order valence-electron chi connectivity index (χ2n) is 7.38. The maximum absolute atomic E-state index is 11.3. The monoisotopic (exact) mass is 415 g/mol. The van der Waals surface area contributed by atoms with E-state index >= 15 is 0 Å². The van der Waals surface area contributed by atoms with Crippen molar-refractivity contribution in [2.75, 3.05) is 0 Å². The van der Waals surface area contributed by atoms with Crippen LogP contribution in [0.2, 0.25) is 0 Å². The van der Waals surface area contributed by atoms with E-state index in [0.29, 0.717) is 25.7 Å². The molecule has 0 saturated carbocycles. The molecular weight excluding hydrogens is 380 g/mol. The van der Waals surface area contributed by atoms with Crippen molar-refractivity contribution in [3.05, 3.63) is 32.4 Å². The van der Waals surface area contributed by atoms with Crippen LogP contribution in [0.4, 0.5) is 0 Å². The van der Waals surface area contributed by atoms with Crippen LogP contribution in [0.15, 0.2) is 12.2 Å². The van der Waals surface area contributed by atoms with Gasteiger partial charge in [0.1, 0.15) is 12.2 Å². The van der Waals surface area contributed by atoms with Crippen molar-refractivity contribution in [2.45, 2.75) is 108 Å². The second-order valence-corrected chi connectivity index (χ2v) is 7.38. The van der Waals surface area contributed by atoms with E-state index in [-0.39, 0.29) is 12.8 Å². The maximum atomic E-state index is 11.3. The highest BCUT2D eigenvalue weighted by atomic mass is 16.6. The molecule has 0 aromatic heterocycles. The molecule has 29 heavy (non-hydrogen) atoms. The number of hydrogen-bond donors (Lipinski definition) is 2. The van der Waals surface area contributed by atoms with Gasteiger partial charge in [-0.2, -0.15) is 0 Å². The Balaban J connectivity index is 4.60. The molecule has 9 heteroatoms. The first kappa shape index (κ1) is 27.1. The van der Waals surface area contributed by atoms with Gasteiger partial charge in [-0.3, -0.25) is 25.0 Å². The van der Waals surface area contributed by atoms with Crippen LogP contribution in [0.1, 0.15) is 84.0 Å². The predicted octanol–water partition coefficient (Wildman–Crippen LogP) is 3.37. The molecule has 0 bridgehead atoms. The van der Waals surface area contributed by atoms with E-state index in [9.17, 15) is 35.2 Å². The van der Waals surface area contributed by atoms with Gasteiger partial charge in [-0.1, -0.05) is 51.2 Å². The number of aliphatic hydroxyl groups excluding tert-OH is 2. The van der Waals surface area contributed by atoms with E-state index in [1.807, 2.05) is 6.08 Å². The molecule has 2 N–H and O–H groups in total. The van der Waals surface area contributed by atoms with Crippen molar-refractivity contribution in [1.29, 1.82) is 0 Å². The van der Waals surface area contributed by atoms with Crippen molar-refractivity contribution < 1.29 is 24.9 Å². The lowest BCUT2D eigenvalue weighted by Gasteiger charge is -2.20. The van der Waals surface area contributed by atoms with Crippen LogP contribution in [0.25, 0.3) is 0 Å². The second kappa shape index (κ2) is 17.0. The zero-order valence-electron chi connectivity index (χ0n) is 17.3. The summed E-state index contributed by atoms with van der Waals surface area (Å²) in [6.45, 7) is 2.08. The molecule has 0 spiro atoms. The fraction of sp³-hybridized carbons (Fsp3) is 0.850. The molecule has 1 radical (unpaired) electrons. The van der Waals surface area contributed by atoms with Gasteiger partial charge in [0.25, 0.3) is 0 Å². The molecule has 0 aliphatic rings. The van der Waals surface area contributed by atoms with Gasteiger partial charge in [0.2, 0.25) is 12.1 Å². The molecule has 9 nitrogen and oxygen atoms in total. The van der Waals surface area contributed by atoms with E-state index in [1.165, 1.54) is 0 Å². The molecule has 4 unspecified atom stereocenters. The highest BCUT2D eigenvalue weighted by molar-refractivity contribution is 5.50. The number of unbranched alkanes of at least 4 members (excludes halogenated alkanes) is 7. The summed E-state index contributed by atoms with van der Waals surface area (Å²) in [5, 5.41) is 43.0. The first-order chi connectivity index (χ1) is 13.8. The van der Waals surface area contributed by atoms with Crippen LogP contribution in [-0.4, -0.2) is 50.6 Å². The topological polar surface area (TPSA) is 144 Å². The van der Waals surface area contributed by atoms with E-state index in [1.54, 1.807) is 12.4 Å². The molecule has 4 atom stereocenters. The minimum atomic E-state index is -1.52. The largest absolute Gasteiger partial charge is 0.386 e. The lowest BCUT2D eigenvalue weighted by molar-refractivity contribution is -0.553. The SMILES string of the molecule is CCCCC/C=C\CC(C(O)CC(C(O)CCCCCC[C]=O)[N+](=O)[O-])[N+](=O)[O-]. The molecule has 0 aliphatic heterocycles. The lowest BCUT2D eigenvalue weighted by atomic mass is 9.95. The number of allylic oxidation sites excluding steroid dienone is 1. The summed E-state index contributed by atoms with van der Waals surface area (Å²) in [7, 11) is 0. The van der Waals surface area contributed by atoms with Gasteiger partial charge in [-0.15, -0.1) is 0 Å². The Morgan fingerprint density at radius 1 is 0.897 bits per heavy atom. The molecule has 0 heterocycles. The van der Waals surface area contributed by atoms with Gasteiger partial charge >= 0.3 is 0 Å². The summed E-state index contributed by atoms with van der Waals surface area (Å²) < 4.78 is 0. The van der Waals surface area contributed by atoms with Crippen molar-refractivity contribution >= 4 is 6.29 Å². The van der Waals surface area contributed by atoms with Crippen LogP contribution in [0.3, 0.4) is 0 Å². The van der Waals surface area contributed by atoms with Crippen LogP contribution in [-0.2, 0) is 4.79 Å². The maximum Gasteiger partial charge on any atom is 0.242 e. The molecule has 0 saturated heterocycles. The smallest absolute Gasteiger partial charge is 0.242 e. The van der Waals surface area contributed by atoms with E-state index in [2.05, 4.69) is 6.92 Å². The number of hydrogen-bond acceptors (Lipinski definition) is 7. The van der Waals surface area contributed by atoms with E-state index in [0.717, 1.165) is 32.1 Å². The van der Waals surface area contributed by atoms with E-state index < -0.39 is 40.6 Å². The number of nitrogens with zero attached hydrogens (tertiary/aromatic N) is 2. The van der Waals surface area contributed by atoms with Gasteiger partial charge in [0.05, 0.1) is 6.42 Å². The third-order valence-corrected chi connectivity index (χ3v) is 4.96. The fourth-order valence-corrected chi connectivity index (χ4v) is 3.13. The quantitative estimate of drug-likeness (QED) is 0.142. The lowest BCUT2D eigenvalue weighted by Crippen LogP contribution is -2.42. The Kier molecular flexibility index (Phi) is 15.9. The number of nitro groups is 2. The molecule has 167 valence electrons. The summed E-state index contributed by atoms with van der Waals surface area (Å²) in [5.41, 5.74) is 0. The number of carbonyl (C=O) groups excluding carboxylic acids is 1. The standard InChI is InChI=1S/C20H35N2O7/c1-2-3-4-5-7-10-13-17(21(26)27)20(25)16-18(22(28)29)19(24)14-11-8-6-9-12-15-23/h7,10,17-20,24-25H,2-6,8-9,11-14,16H2,1H3/b10-7-. The summed E-state index contributed by atoms with van der Waals surface area (Å²) in [6.07, 6.45) is 9.16. The first-order valence-electron chi connectivity index (χ1n) is 10.5. The molecule has 0 fully saturated rings. The zero-order valence-corrected chi connectivity index (χ0v) is 17.3. The van der Waals surface area contributed by atoms with Crippen molar-refractivity contribution in [2.24, 2.45) is 0 Å². The third kappa shape index (κ3) is 13.1. The van der Waals surface area contributed by atoms with E-state index in [4.69, 9.17) is 0 Å². The average molecular weight is 416 g/mol. The van der Waals surface area contributed by atoms with Gasteiger partial charge in [-0.05, 0) is 25.7 Å². The summed E-state index contributed by atoms with van der Waals surface area (Å²) >= 11 is 0. The zero-order chi connectivity index (χ0) is 22.1. The van der Waals surface area contributed by atoms with Gasteiger partial charge in [0.15, 0.2) is 6.29 Å².